The Morgan fingerprint density at radius 3 is 2.90 bits per heavy atom. The van der Waals surface area contributed by atoms with E-state index in [-0.39, 0.29) is 5.41 Å². The van der Waals surface area contributed by atoms with Crippen LogP contribution in [0.4, 0.5) is 0 Å². The first-order valence-corrected chi connectivity index (χ1v) is 8.32. The van der Waals surface area contributed by atoms with Crippen molar-refractivity contribution < 1.29 is 0 Å². The van der Waals surface area contributed by atoms with Crippen molar-refractivity contribution in [3.8, 4) is 0 Å². The quantitative estimate of drug-likeness (QED) is 0.946. The molecule has 0 aromatic carbocycles. The van der Waals surface area contributed by atoms with Crippen molar-refractivity contribution >= 4 is 11.3 Å². The lowest BCUT2D eigenvalue weighted by atomic mass is 9.98. The maximum absolute atomic E-state index is 4.55. The van der Waals surface area contributed by atoms with Gasteiger partial charge in [0.15, 0.2) is 0 Å². The van der Waals surface area contributed by atoms with Gasteiger partial charge in [-0.15, -0.1) is 21.5 Å². The minimum absolute atomic E-state index is 0.141. The Balaban J connectivity index is 1.59. The minimum atomic E-state index is 0.141. The van der Waals surface area contributed by atoms with E-state index in [1.54, 1.807) is 0 Å². The maximum atomic E-state index is 4.55. The molecule has 0 unspecified atom stereocenters. The number of thiazole rings is 1. The third kappa shape index (κ3) is 3.16. The Labute approximate surface area is 129 Å². The fourth-order valence-corrected chi connectivity index (χ4v) is 3.53. The van der Waals surface area contributed by atoms with Crippen LogP contribution in [0.3, 0.4) is 0 Å². The van der Waals surface area contributed by atoms with E-state index >= 15 is 0 Å². The summed E-state index contributed by atoms with van der Waals surface area (Å²) in [6.07, 6.45) is 4.15. The summed E-state index contributed by atoms with van der Waals surface area (Å²) in [5.74, 6) is 2.14. The van der Waals surface area contributed by atoms with Crippen LogP contribution in [0.15, 0.2) is 6.20 Å². The summed E-state index contributed by atoms with van der Waals surface area (Å²) in [5, 5.41) is 13.2. The van der Waals surface area contributed by atoms with E-state index in [0.717, 1.165) is 37.6 Å². The monoisotopic (exact) mass is 305 g/mol. The number of fused-ring (bicyclic) bond motifs is 1. The molecule has 1 N–H and O–H groups in total. The van der Waals surface area contributed by atoms with E-state index in [4.69, 9.17) is 0 Å². The van der Waals surface area contributed by atoms with Crippen molar-refractivity contribution in [2.24, 2.45) is 0 Å². The molecule has 5 nitrogen and oxygen atoms in total. The van der Waals surface area contributed by atoms with Crippen LogP contribution in [0.25, 0.3) is 0 Å². The van der Waals surface area contributed by atoms with Gasteiger partial charge in [-0.25, -0.2) is 4.98 Å². The van der Waals surface area contributed by atoms with Gasteiger partial charge in [0.25, 0.3) is 0 Å². The molecule has 0 spiro atoms. The molecule has 1 aliphatic rings. The molecule has 2 aromatic rings. The molecule has 0 aliphatic carbocycles. The van der Waals surface area contributed by atoms with Crippen LogP contribution >= 0.6 is 11.3 Å². The molecule has 3 heterocycles. The summed E-state index contributed by atoms with van der Waals surface area (Å²) in [5.41, 5.74) is 0.141. The first kappa shape index (κ1) is 14.7. The third-order valence-electron chi connectivity index (χ3n) is 3.89. The van der Waals surface area contributed by atoms with Gasteiger partial charge in [-0.3, -0.25) is 0 Å². The summed E-state index contributed by atoms with van der Waals surface area (Å²) in [4.78, 5) is 5.86. The summed E-state index contributed by atoms with van der Waals surface area (Å²) in [6, 6.07) is 0.493. The molecule has 0 saturated heterocycles. The van der Waals surface area contributed by atoms with Crippen molar-refractivity contribution in [1.82, 2.24) is 25.1 Å². The van der Waals surface area contributed by atoms with Crippen LogP contribution < -0.4 is 5.32 Å². The lowest BCUT2D eigenvalue weighted by molar-refractivity contribution is 0.376. The van der Waals surface area contributed by atoms with Crippen LogP contribution in [0.1, 0.15) is 48.7 Å². The van der Waals surface area contributed by atoms with E-state index in [1.165, 1.54) is 9.88 Å². The molecule has 0 amide bonds. The Morgan fingerprint density at radius 1 is 1.38 bits per heavy atom. The second-order valence-corrected chi connectivity index (χ2v) is 7.89. The second kappa shape index (κ2) is 5.50. The number of nitrogens with one attached hydrogen (secondary N) is 1. The Hall–Kier alpha value is -1.27. The number of nitrogens with zero attached hydrogens (tertiary/aromatic N) is 4. The van der Waals surface area contributed by atoms with E-state index < -0.39 is 0 Å². The molecule has 0 bridgehead atoms. The Kier molecular flexibility index (Phi) is 3.84. The zero-order valence-electron chi connectivity index (χ0n) is 13.2. The van der Waals surface area contributed by atoms with Gasteiger partial charge in [0.1, 0.15) is 11.6 Å². The van der Waals surface area contributed by atoms with Crippen LogP contribution in [0, 0.1) is 6.92 Å². The van der Waals surface area contributed by atoms with Crippen molar-refractivity contribution in [3.05, 3.63) is 27.7 Å². The topological polar surface area (TPSA) is 55.6 Å². The predicted molar refractivity (Wildman–Crippen MR) is 84.5 cm³/mol. The summed E-state index contributed by atoms with van der Waals surface area (Å²) in [6.45, 7) is 10.5. The molecule has 3 rings (SSSR count). The van der Waals surface area contributed by atoms with Gasteiger partial charge in [-0.2, -0.15) is 0 Å². The predicted octanol–water partition coefficient (Wildman–Crippen LogP) is 2.45. The molecule has 1 aliphatic heterocycles. The van der Waals surface area contributed by atoms with Crippen LogP contribution in [-0.4, -0.2) is 25.8 Å². The van der Waals surface area contributed by atoms with Crippen molar-refractivity contribution in [2.75, 3.05) is 0 Å². The van der Waals surface area contributed by atoms with Gasteiger partial charge >= 0.3 is 0 Å². The van der Waals surface area contributed by atoms with Gasteiger partial charge in [0.05, 0.1) is 5.01 Å². The Morgan fingerprint density at radius 2 is 2.19 bits per heavy atom. The van der Waals surface area contributed by atoms with E-state index in [9.17, 15) is 0 Å². The van der Waals surface area contributed by atoms with Crippen molar-refractivity contribution in [1.29, 1.82) is 0 Å². The lowest BCUT2D eigenvalue weighted by Crippen LogP contribution is -2.37. The number of hydrogen-bond acceptors (Lipinski definition) is 5. The molecule has 6 heteroatoms. The zero-order chi connectivity index (χ0) is 15.0. The molecular formula is C15H23N5S. The molecule has 0 fully saturated rings. The van der Waals surface area contributed by atoms with Crippen LogP contribution in [-0.2, 0) is 24.9 Å². The molecular weight excluding hydrogens is 282 g/mol. The number of hydrogen-bond donors (Lipinski definition) is 1. The highest BCUT2D eigenvalue weighted by Gasteiger charge is 2.22. The summed E-state index contributed by atoms with van der Waals surface area (Å²) >= 11 is 1.81. The highest BCUT2D eigenvalue weighted by atomic mass is 32.1. The summed E-state index contributed by atoms with van der Waals surface area (Å²) in [7, 11) is 0. The van der Waals surface area contributed by atoms with Gasteiger partial charge in [-0.1, -0.05) is 20.8 Å². The summed E-state index contributed by atoms with van der Waals surface area (Å²) < 4.78 is 2.23. The highest BCUT2D eigenvalue weighted by Crippen LogP contribution is 2.26. The molecule has 0 saturated carbocycles. The fraction of sp³-hybridized carbons (Fsp3) is 0.667. The lowest BCUT2D eigenvalue weighted by Gasteiger charge is -2.24. The minimum Gasteiger partial charge on any atom is -0.314 e. The number of aromatic nitrogens is 4. The van der Waals surface area contributed by atoms with Gasteiger partial charge in [0.2, 0.25) is 0 Å². The molecule has 0 radical (unpaired) electrons. The van der Waals surface area contributed by atoms with Gasteiger partial charge in [0, 0.05) is 42.0 Å². The van der Waals surface area contributed by atoms with Gasteiger partial charge in [-0.05, 0) is 13.3 Å². The Bertz CT molecular complexity index is 622. The van der Waals surface area contributed by atoms with E-state index in [1.807, 2.05) is 24.5 Å². The normalized spacial score (nSPS) is 18.8. The maximum Gasteiger partial charge on any atom is 0.133 e. The fourth-order valence-electron chi connectivity index (χ4n) is 2.61. The first-order chi connectivity index (χ1) is 9.93. The third-order valence-corrected chi connectivity index (χ3v) is 5.31. The molecule has 114 valence electrons. The smallest absolute Gasteiger partial charge is 0.133 e. The number of rotatable bonds is 3. The van der Waals surface area contributed by atoms with Crippen LogP contribution in [0.5, 0.6) is 0 Å². The second-order valence-electron chi connectivity index (χ2n) is 6.77. The van der Waals surface area contributed by atoms with Gasteiger partial charge < -0.3 is 9.88 Å². The number of aryl methyl sites for hydroxylation is 2. The molecule has 21 heavy (non-hydrogen) atoms. The first-order valence-electron chi connectivity index (χ1n) is 7.51. The zero-order valence-corrected chi connectivity index (χ0v) is 14.0. The average Bonchev–Trinajstić information content (AvgIpc) is 3.04. The largest absolute Gasteiger partial charge is 0.314 e. The molecule has 1 atom stereocenters. The molecule has 2 aromatic heterocycles. The van der Waals surface area contributed by atoms with Crippen LogP contribution in [0.2, 0.25) is 0 Å². The van der Waals surface area contributed by atoms with E-state index in [2.05, 4.69) is 45.8 Å². The average molecular weight is 305 g/mol. The van der Waals surface area contributed by atoms with Crippen molar-refractivity contribution in [3.63, 3.8) is 0 Å². The van der Waals surface area contributed by atoms with Crippen molar-refractivity contribution in [2.45, 2.75) is 65.1 Å². The SMILES string of the molecule is Cc1nnc2n1C[C@H](NCc1cnc(C(C)(C)C)s1)CC2. The van der Waals surface area contributed by atoms with E-state index in [0.29, 0.717) is 6.04 Å². The standard InChI is InChI=1S/C15H23N5S/c1-10-18-19-13-6-5-11(9-20(10)13)16-7-12-8-17-14(21-12)15(2,3)4/h8,11,16H,5-7,9H2,1-4H3/t11-/m1/s1. The highest BCUT2D eigenvalue weighted by molar-refractivity contribution is 7.11.